The summed E-state index contributed by atoms with van der Waals surface area (Å²) >= 11 is 12.0. The lowest BCUT2D eigenvalue weighted by Crippen LogP contribution is -2.19. The molecule has 0 saturated heterocycles. The number of hydrogen-bond acceptors (Lipinski definition) is 4. The van der Waals surface area contributed by atoms with Gasteiger partial charge in [-0.05, 0) is 67.3 Å². The average Bonchev–Trinajstić information content (AvgIpc) is 3.37. The van der Waals surface area contributed by atoms with Crippen molar-refractivity contribution in [2.24, 2.45) is 0 Å². The standard InChI is InChI=1S/C27H22Cl2N4O5/c28-13-4-7-20(18(29)10-13)33-27(38)30-14-5-8-19-16(11-14)17(26(37)32-19)12-22-15(6-9-24(35)36)25-21(31-22)2-1-3-23(25)34/h4-5,7-8,10-12,31H,1-3,6,9H2,(H,32,37)(H,35,36)(H2,30,33,38)/b17-12-. The molecule has 0 saturated carbocycles. The predicted molar refractivity (Wildman–Crippen MR) is 146 cm³/mol. The van der Waals surface area contributed by atoms with E-state index in [4.69, 9.17) is 23.2 Å². The van der Waals surface area contributed by atoms with Crippen molar-refractivity contribution < 1.29 is 24.3 Å². The van der Waals surface area contributed by atoms with Crippen LogP contribution in [0, 0.1) is 0 Å². The van der Waals surface area contributed by atoms with Crippen molar-refractivity contribution in [1.29, 1.82) is 0 Å². The molecule has 0 fully saturated rings. The van der Waals surface area contributed by atoms with Gasteiger partial charge in [-0.2, -0.15) is 0 Å². The highest BCUT2D eigenvalue weighted by atomic mass is 35.5. The summed E-state index contributed by atoms with van der Waals surface area (Å²) < 4.78 is 0. The summed E-state index contributed by atoms with van der Waals surface area (Å²) in [5.41, 5.74) is 4.70. The van der Waals surface area contributed by atoms with Gasteiger partial charge in [0.05, 0.1) is 16.3 Å². The molecule has 0 bridgehead atoms. The molecule has 2 aromatic carbocycles. The van der Waals surface area contributed by atoms with Crippen LogP contribution in [-0.4, -0.2) is 33.8 Å². The number of ketones is 1. The second-order valence-corrected chi connectivity index (χ2v) is 9.86. The molecule has 2 heterocycles. The smallest absolute Gasteiger partial charge is 0.323 e. The fourth-order valence-electron chi connectivity index (χ4n) is 4.74. The third kappa shape index (κ3) is 5.16. The molecule has 1 aliphatic carbocycles. The zero-order valence-corrected chi connectivity index (χ0v) is 21.4. The number of aromatic nitrogens is 1. The van der Waals surface area contributed by atoms with E-state index in [0.717, 1.165) is 5.69 Å². The van der Waals surface area contributed by atoms with E-state index in [1.54, 1.807) is 36.4 Å². The number of H-pyrrole nitrogens is 1. The molecule has 0 atom stereocenters. The van der Waals surface area contributed by atoms with Crippen LogP contribution in [0.25, 0.3) is 11.6 Å². The van der Waals surface area contributed by atoms with Crippen molar-refractivity contribution in [1.82, 2.24) is 4.98 Å². The molecular formula is C27H22Cl2N4O5. The Kier molecular flexibility index (Phi) is 6.96. The zero-order chi connectivity index (χ0) is 27.0. The van der Waals surface area contributed by atoms with E-state index in [-0.39, 0.29) is 29.6 Å². The van der Waals surface area contributed by atoms with Crippen molar-refractivity contribution in [2.75, 3.05) is 16.0 Å². The number of fused-ring (bicyclic) bond motifs is 2. The van der Waals surface area contributed by atoms with Crippen LogP contribution in [0.4, 0.5) is 21.9 Å². The van der Waals surface area contributed by atoms with Gasteiger partial charge in [0.25, 0.3) is 5.91 Å². The number of carboxylic acid groups (broad SMARTS) is 1. The molecule has 0 radical (unpaired) electrons. The fourth-order valence-corrected chi connectivity index (χ4v) is 5.19. The minimum Gasteiger partial charge on any atom is -0.481 e. The molecule has 1 aromatic heterocycles. The number of aliphatic carboxylic acids is 1. The number of hydrogen-bond donors (Lipinski definition) is 5. The SMILES string of the molecule is O=C(O)CCc1c(/C=C2\C(=O)Nc3ccc(NC(=O)Nc4ccc(Cl)cc4Cl)cc32)[nH]c2c1C(=O)CCC2. The van der Waals surface area contributed by atoms with Crippen LogP contribution in [0.15, 0.2) is 36.4 Å². The van der Waals surface area contributed by atoms with E-state index in [0.29, 0.717) is 69.3 Å². The molecule has 9 nitrogen and oxygen atoms in total. The number of rotatable bonds is 6. The number of halogens is 2. The first-order valence-electron chi connectivity index (χ1n) is 11.9. The largest absolute Gasteiger partial charge is 0.481 e. The minimum atomic E-state index is -0.973. The van der Waals surface area contributed by atoms with Crippen molar-refractivity contribution in [3.8, 4) is 0 Å². The van der Waals surface area contributed by atoms with Crippen molar-refractivity contribution in [3.63, 3.8) is 0 Å². The number of Topliss-reactive ketones (excluding diaryl/α,β-unsaturated/α-hetero) is 1. The number of anilines is 3. The van der Waals surface area contributed by atoms with Crippen LogP contribution in [0.3, 0.4) is 0 Å². The highest BCUT2D eigenvalue weighted by Crippen LogP contribution is 2.37. The van der Waals surface area contributed by atoms with Crippen LogP contribution >= 0.6 is 23.2 Å². The molecule has 3 aromatic rings. The maximum Gasteiger partial charge on any atom is 0.323 e. The highest BCUT2D eigenvalue weighted by Gasteiger charge is 2.29. The number of amides is 3. The molecule has 11 heteroatoms. The number of carboxylic acids is 1. The third-order valence-electron chi connectivity index (χ3n) is 6.44. The normalized spacial score (nSPS) is 15.2. The summed E-state index contributed by atoms with van der Waals surface area (Å²) in [6.45, 7) is 0. The summed E-state index contributed by atoms with van der Waals surface area (Å²) in [4.78, 5) is 52.6. The van der Waals surface area contributed by atoms with Crippen molar-refractivity contribution in [2.45, 2.75) is 32.1 Å². The van der Waals surface area contributed by atoms with Gasteiger partial charge in [-0.25, -0.2) is 4.79 Å². The molecular weight excluding hydrogens is 531 g/mol. The highest BCUT2D eigenvalue weighted by molar-refractivity contribution is 6.37. The second kappa shape index (κ2) is 10.4. The first-order chi connectivity index (χ1) is 18.2. The Morgan fingerprint density at radius 1 is 1.05 bits per heavy atom. The zero-order valence-electron chi connectivity index (χ0n) is 19.9. The van der Waals surface area contributed by atoms with Crippen LogP contribution < -0.4 is 16.0 Å². The number of urea groups is 1. The lowest BCUT2D eigenvalue weighted by Gasteiger charge is -2.11. The average molecular weight is 553 g/mol. The minimum absolute atomic E-state index is 0.0258. The lowest BCUT2D eigenvalue weighted by atomic mass is 9.91. The Bertz CT molecular complexity index is 1540. The topological polar surface area (TPSA) is 140 Å². The number of benzene rings is 2. The van der Waals surface area contributed by atoms with Gasteiger partial charge in [0, 0.05) is 51.8 Å². The number of aryl methyl sites for hydroxylation is 1. The Morgan fingerprint density at radius 2 is 1.87 bits per heavy atom. The Morgan fingerprint density at radius 3 is 2.63 bits per heavy atom. The van der Waals surface area contributed by atoms with E-state index in [9.17, 15) is 24.3 Å². The third-order valence-corrected chi connectivity index (χ3v) is 6.99. The summed E-state index contributed by atoms with van der Waals surface area (Å²) in [6, 6.07) is 9.14. The Hall–Kier alpha value is -4.08. The molecule has 2 aliphatic rings. The Balaban J connectivity index is 1.45. The van der Waals surface area contributed by atoms with Crippen LogP contribution in [0.5, 0.6) is 0 Å². The molecule has 194 valence electrons. The number of nitrogens with one attached hydrogen (secondary N) is 4. The van der Waals surface area contributed by atoms with E-state index in [2.05, 4.69) is 20.9 Å². The summed E-state index contributed by atoms with van der Waals surface area (Å²) in [5.74, 6) is -1.35. The Labute approximate surface area is 227 Å². The monoisotopic (exact) mass is 552 g/mol. The van der Waals surface area contributed by atoms with E-state index in [1.165, 1.54) is 6.07 Å². The van der Waals surface area contributed by atoms with Gasteiger partial charge >= 0.3 is 12.0 Å². The molecule has 5 N–H and O–H groups in total. The molecule has 0 unspecified atom stereocenters. The maximum absolute atomic E-state index is 12.9. The van der Waals surface area contributed by atoms with E-state index in [1.807, 2.05) is 0 Å². The van der Waals surface area contributed by atoms with Crippen molar-refractivity contribution in [3.05, 3.63) is 74.5 Å². The predicted octanol–water partition coefficient (Wildman–Crippen LogP) is 5.99. The number of carbonyl (C=O) groups excluding carboxylic acids is 3. The van der Waals surface area contributed by atoms with Crippen LogP contribution in [0.1, 0.15) is 52.1 Å². The summed E-state index contributed by atoms with van der Waals surface area (Å²) in [7, 11) is 0. The molecule has 38 heavy (non-hydrogen) atoms. The number of aromatic amines is 1. The van der Waals surface area contributed by atoms with Gasteiger partial charge < -0.3 is 26.0 Å². The van der Waals surface area contributed by atoms with Gasteiger partial charge in [0.15, 0.2) is 5.78 Å². The van der Waals surface area contributed by atoms with Crippen LogP contribution in [0.2, 0.25) is 10.0 Å². The lowest BCUT2D eigenvalue weighted by molar-refractivity contribution is -0.137. The molecule has 0 spiro atoms. The van der Waals surface area contributed by atoms with Gasteiger partial charge in [-0.1, -0.05) is 23.2 Å². The van der Waals surface area contributed by atoms with E-state index < -0.39 is 12.0 Å². The molecule has 1 aliphatic heterocycles. The second-order valence-electron chi connectivity index (χ2n) is 9.02. The quantitative estimate of drug-likeness (QED) is 0.239. The van der Waals surface area contributed by atoms with Crippen LogP contribution in [-0.2, 0) is 22.4 Å². The number of carbonyl (C=O) groups is 4. The van der Waals surface area contributed by atoms with Gasteiger partial charge in [-0.3, -0.25) is 14.4 Å². The van der Waals surface area contributed by atoms with Gasteiger partial charge in [0.1, 0.15) is 0 Å². The molecule has 3 amide bonds. The van der Waals surface area contributed by atoms with Crippen molar-refractivity contribution >= 4 is 75.6 Å². The summed E-state index contributed by atoms with van der Waals surface area (Å²) in [5, 5.41) is 18.1. The van der Waals surface area contributed by atoms with Gasteiger partial charge in [-0.15, -0.1) is 0 Å². The van der Waals surface area contributed by atoms with Gasteiger partial charge in [0.2, 0.25) is 0 Å². The molecule has 5 rings (SSSR count). The maximum atomic E-state index is 12.9. The fraction of sp³-hybridized carbons (Fsp3) is 0.185. The first-order valence-corrected chi connectivity index (χ1v) is 12.6. The first kappa shape index (κ1) is 25.6. The summed E-state index contributed by atoms with van der Waals surface area (Å²) in [6.07, 6.45) is 3.45. The van der Waals surface area contributed by atoms with E-state index >= 15 is 0 Å².